The lowest BCUT2D eigenvalue weighted by Gasteiger charge is -2.25. The van der Waals surface area contributed by atoms with Crippen molar-refractivity contribution in [3.8, 4) is 0 Å². The second-order valence-corrected chi connectivity index (χ2v) is 4.73. The average Bonchev–Trinajstić information content (AvgIpc) is 2.65. The van der Waals surface area contributed by atoms with Gasteiger partial charge >= 0.3 is 0 Å². The Morgan fingerprint density at radius 2 is 2.12 bits per heavy atom. The van der Waals surface area contributed by atoms with Gasteiger partial charge in [0.1, 0.15) is 5.82 Å². The highest BCUT2D eigenvalue weighted by Gasteiger charge is 2.24. The van der Waals surface area contributed by atoms with Gasteiger partial charge in [-0.25, -0.2) is 4.39 Å². The van der Waals surface area contributed by atoms with Crippen LogP contribution < -0.4 is 10.2 Å². The van der Waals surface area contributed by atoms with Crippen molar-refractivity contribution in [3.05, 3.63) is 30.1 Å². The number of hydrogen-bond donors (Lipinski definition) is 1. The second-order valence-electron chi connectivity index (χ2n) is 4.73. The maximum absolute atomic E-state index is 13.6. The van der Waals surface area contributed by atoms with E-state index in [2.05, 4.69) is 12.2 Å². The Morgan fingerprint density at radius 3 is 2.75 bits per heavy atom. The lowest BCUT2D eigenvalue weighted by molar-refractivity contribution is 0.453. The molecule has 1 saturated heterocycles. The molecule has 2 rings (SSSR count). The van der Waals surface area contributed by atoms with Crippen LogP contribution >= 0.6 is 0 Å². The van der Waals surface area contributed by atoms with Gasteiger partial charge in [0.15, 0.2) is 0 Å². The molecule has 3 heteroatoms. The fourth-order valence-electron chi connectivity index (χ4n) is 2.32. The maximum atomic E-state index is 13.6. The fourth-order valence-corrected chi connectivity index (χ4v) is 2.32. The van der Waals surface area contributed by atoms with Crippen molar-refractivity contribution in [2.24, 2.45) is 11.8 Å². The van der Waals surface area contributed by atoms with Gasteiger partial charge in [0.25, 0.3) is 0 Å². The smallest absolute Gasteiger partial charge is 0.146 e. The van der Waals surface area contributed by atoms with Gasteiger partial charge in [0.2, 0.25) is 0 Å². The van der Waals surface area contributed by atoms with Crippen molar-refractivity contribution < 1.29 is 4.39 Å². The van der Waals surface area contributed by atoms with Gasteiger partial charge in [-0.3, -0.25) is 0 Å². The first kappa shape index (κ1) is 11.4. The summed E-state index contributed by atoms with van der Waals surface area (Å²) >= 11 is 0. The van der Waals surface area contributed by atoms with Gasteiger partial charge in [0.05, 0.1) is 5.69 Å². The minimum atomic E-state index is -0.136. The molecule has 0 saturated carbocycles. The SMILES string of the molecule is C[C@@H]1CNC[C@H]1CN(C)c1ccccc1F. The molecule has 16 heavy (non-hydrogen) atoms. The summed E-state index contributed by atoms with van der Waals surface area (Å²) in [7, 11) is 1.96. The van der Waals surface area contributed by atoms with E-state index in [-0.39, 0.29) is 5.82 Å². The maximum Gasteiger partial charge on any atom is 0.146 e. The summed E-state index contributed by atoms with van der Waals surface area (Å²) in [4.78, 5) is 2.02. The Hall–Kier alpha value is -1.09. The quantitative estimate of drug-likeness (QED) is 0.842. The summed E-state index contributed by atoms with van der Waals surface area (Å²) in [5, 5.41) is 3.37. The summed E-state index contributed by atoms with van der Waals surface area (Å²) in [6, 6.07) is 6.96. The molecule has 0 amide bonds. The van der Waals surface area contributed by atoms with E-state index in [0.717, 1.165) is 19.6 Å². The minimum Gasteiger partial charge on any atom is -0.372 e. The lowest BCUT2D eigenvalue weighted by atomic mass is 9.97. The van der Waals surface area contributed by atoms with Crippen molar-refractivity contribution in [3.63, 3.8) is 0 Å². The monoisotopic (exact) mass is 222 g/mol. The number of halogens is 1. The third kappa shape index (κ3) is 2.35. The third-order valence-electron chi connectivity index (χ3n) is 3.45. The molecule has 1 fully saturated rings. The van der Waals surface area contributed by atoms with Gasteiger partial charge in [0, 0.05) is 13.6 Å². The van der Waals surface area contributed by atoms with Gasteiger partial charge in [-0.2, -0.15) is 0 Å². The molecule has 0 spiro atoms. The highest BCUT2D eigenvalue weighted by atomic mass is 19.1. The average molecular weight is 222 g/mol. The second kappa shape index (κ2) is 4.83. The highest BCUT2D eigenvalue weighted by molar-refractivity contribution is 5.46. The fraction of sp³-hybridized carbons (Fsp3) is 0.538. The molecule has 1 heterocycles. The molecule has 0 aromatic heterocycles. The van der Waals surface area contributed by atoms with E-state index in [9.17, 15) is 4.39 Å². The van der Waals surface area contributed by atoms with Crippen LogP contribution in [0.2, 0.25) is 0 Å². The summed E-state index contributed by atoms with van der Waals surface area (Å²) in [6.07, 6.45) is 0. The van der Waals surface area contributed by atoms with Crippen molar-refractivity contribution >= 4 is 5.69 Å². The molecule has 1 aliphatic rings. The van der Waals surface area contributed by atoms with Crippen LogP contribution in [0.5, 0.6) is 0 Å². The molecule has 0 radical (unpaired) electrons. The molecule has 0 unspecified atom stereocenters. The number of nitrogens with zero attached hydrogens (tertiary/aromatic N) is 1. The topological polar surface area (TPSA) is 15.3 Å². The zero-order valence-corrected chi connectivity index (χ0v) is 9.91. The van der Waals surface area contributed by atoms with Crippen LogP contribution in [-0.4, -0.2) is 26.7 Å². The minimum absolute atomic E-state index is 0.136. The number of benzene rings is 1. The number of para-hydroxylation sites is 1. The van der Waals surface area contributed by atoms with Crippen molar-refractivity contribution in [2.75, 3.05) is 31.6 Å². The standard InChI is InChI=1S/C13H19FN2/c1-10-7-15-8-11(10)9-16(2)13-6-4-3-5-12(13)14/h3-6,10-11,15H,7-9H2,1-2H3/t10-,11+/m1/s1. The molecule has 1 N–H and O–H groups in total. The van der Waals surface area contributed by atoms with Gasteiger partial charge in [-0.15, -0.1) is 0 Å². The zero-order chi connectivity index (χ0) is 11.5. The molecular formula is C13H19FN2. The van der Waals surface area contributed by atoms with E-state index in [0.29, 0.717) is 17.5 Å². The lowest BCUT2D eigenvalue weighted by Crippen LogP contribution is -2.29. The summed E-state index contributed by atoms with van der Waals surface area (Å²) in [5.41, 5.74) is 0.696. The normalized spacial score (nSPS) is 24.7. The molecule has 2 atom stereocenters. The van der Waals surface area contributed by atoms with E-state index < -0.39 is 0 Å². The largest absolute Gasteiger partial charge is 0.372 e. The predicted molar refractivity (Wildman–Crippen MR) is 65.2 cm³/mol. The van der Waals surface area contributed by atoms with E-state index in [4.69, 9.17) is 0 Å². The van der Waals surface area contributed by atoms with E-state index in [1.54, 1.807) is 6.07 Å². The Bertz CT molecular complexity index is 354. The number of hydrogen-bond acceptors (Lipinski definition) is 2. The Labute approximate surface area is 96.5 Å². The number of anilines is 1. The van der Waals surface area contributed by atoms with Crippen LogP contribution in [0.15, 0.2) is 24.3 Å². The van der Waals surface area contributed by atoms with Crippen LogP contribution in [0.4, 0.5) is 10.1 Å². The third-order valence-corrected chi connectivity index (χ3v) is 3.45. The molecule has 1 aromatic carbocycles. The molecule has 0 aliphatic carbocycles. The summed E-state index contributed by atoms with van der Waals surface area (Å²) in [5.74, 6) is 1.16. The molecule has 1 aromatic rings. The van der Waals surface area contributed by atoms with Crippen LogP contribution in [-0.2, 0) is 0 Å². The molecule has 1 aliphatic heterocycles. The first-order valence-corrected chi connectivity index (χ1v) is 5.85. The van der Waals surface area contributed by atoms with Crippen molar-refractivity contribution in [2.45, 2.75) is 6.92 Å². The van der Waals surface area contributed by atoms with Gasteiger partial charge in [-0.1, -0.05) is 19.1 Å². The first-order chi connectivity index (χ1) is 7.68. The van der Waals surface area contributed by atoms with Crippen molar-refractivity contribution in [1.82, 2.24) is 5.32 Å². The van der Waals surface area contributed by atoms with Crippen LogP contribution in [0.1, 0.15) is 6.92 Å². The van der Waals surface area contributed by atoms with Crippen LogP contribution in [0.25, 0.3) is 0 Å². The first-order valence-electron chi connectivity index (χ1n) is 5.85. The van der Waals surface area contributed by atoms with Gasteiger partial charge < -0.3 is 10.2 Å². The Morgan fingerprint density at radius 1 is 1.38 bits per heavy atom. The predicted octanol–water partition coefficient (Wildman–Crippen LogP) is 2.12. The highest BCUT2D eigenvalue weighted by Crippen LogP contribution is 2.22. The van der Waals surface area contributed by atoms with E-state index in [1.165, 1.54) is 6.07 Å². The summed E-state index contributed by atoms with van der Waals surface area (Å²) < 4.78 is 13.6. The van der Waals surface area contributed by atoms with E-state index in [1.807, 2.05) is 24.1 Å². The molecular weight excluding hydrogens is 203 g/mol. The van der Waals surface area contributed by atoms with Crippen molar-refractivity contribution in [1.29, 1.82) is 0 Å². The van der Waals surface area contributed by atoms with Crippen LogP contribution in [0, 0.1) is 17.7 Å². The Balaban J connectivity index is 2.03. The van der Waals surface area contributed by atoms with E-state index >= 15 is 0 Å². The molecule has 0 bridgehead atoms. The van der Waals surface area contributed by atoms with Gasteiger partial charge in [-0.05, 0) is 37.1 Å². The molecule has 88 valence electrons. The van der Waals surface area contributed by atoms with Crippen LogP contribution in [0.3, 0.4) is 0 Å². The zero-order valence-electron chi connectivity index (χ0n) is 9.91. The number of rotatable bonds is 3. The summed E-state index contributed by atoms with van der Waals surface area (Å²) in [6.45, 7) is 5.28. The molecule has 2 nitrogen and oxygen atoms in total. The number of nitrogens with one attached hydrogen (secondary N) is 1. The Kier molecular flexibility index (Phi) is 3.44.